The quantitative estimate of drug-likeness (QED) is 0.493. The maximum atomic E-state index is 12.2. The fraction of sp³-hybridized carbons (Fsp3) is 0.688. The number of H-pyrrole nitrogens is 1. The van der Waals surface area contributed by atoms with Crippen LogP contribution in [0.4, 0.5) is 11.5 Å². The molecule has 0 saturated heterocycles. The van der Waals surface area contributed by atoms with E-state index in [2.05, 4.69) is 29.5 Å². The van der Waals surface area contributed by atoms with E-state index in [9.17, 15) is 14.4 Å². The van der Waals surface area contributed by atoms with Gasteiger partial charge in [0.25, 0.3) is 5.56 Å². The van der Waals surface area contributed by atoms with Gasteiger partial charge in [-0.1, -0.05) is 27.2 Å². The number of nitrogens with one attached hydrogen (secondary N) is 3. The summed E-state index contributed by atoms with van der Waals surface area (Å²) in [5.41, 5.74) is 4.57. The fourth-order valence-corrected chi connectivity index (χ4v) is 2.21. The number of nitrogens with two attached hydrogens (primary N) is 1. The van der Waals surface area contributed by atoms with Crippen LogP contribution in [0.25, 0.3) is 0 Å². The van der Waals surface area contributed by atoms with Gasteiger partial charge in [0.05, 0.1) is 0 Å². The Kier molecular flexibility index (Phi) is 10.9. The van der Waals surface area contributed by atoms with Crippen molar-refractivity contribution < 1.29 is 4.79 Å². The van der Waals surface area contributed by atoms with Gasteiger partial charge in [-0.3, -0.25) is 19.1 Å². The summed E-state index contributed by atoms with van der Waals surface area (Å²) in [5.74, 6) is 0.372. The molecule has 1 aromatic heterocycles. The summed E-state index contributed by atoms with van der Waals surface area (Å²) in [6.07, 6.45) is 2.64. The van der Waals surface area contributed by atoms with Gasteiger partial charge in [0.15, 0.2) is 0 Å². The smallest absolute Gasteiger partial charge is 0.330 e. The Morgan fingerprint density at radius 2 is 2.00 bits per heavy atom. The Bertz CT molecular complexity index is 654. The van der Waals surface area contributed by atoms with Crippen molar-refractivity contribution in [2.45, 2.75) is 53.0 Å². The lowest BCUT2D eigenvalue weighted by Gasteiger charge is -2.18. The molecule has 0 radical (unpaired) electrons. The highest BCUT2D eigenvalue weighted by molar-refractivity contribution is 5.92. The monoisotopic (exact) mass is 375 g/mol. The maximum Gasteiger partial charge on any atom is 0.330 e. The van der Waals surface area contributed by atoms with Crippen molar-refractivity contribution in [2.24, 2.45) is 11.7 Å². The van der Waals surface area contributed by atoms with Gasteiger partial charge >= 0.3 is 5.69 Å². The SMILES string of the molecule is CCCCn1c(NC(=O)CCN)c(NCCC(C)C)c(=O)[nH]c1=O.Cl. The van der Waals surface area contributed by atoms with Crippen molar-refractivity contribution in [2.75, 3.05) is 23.7 Å². The first-order valence-corrected chi connectivity index (χ1v) is 8.51. The number of aromatic amines is 1. The van der Waals surface area contributed by atoms with Gasteiger partial charge in [-0.25, -0.2) is 4.79 Å². The van der Waals surface area contributed by atoms with Crippen LogP contribution in [-0.2, 0) is 11.3 Å². The molecule has 0 fully saturated rings. The van der Waals surface area contributed by atoms with Gasteiger partial charge in [-0.2, -0.15) is 0 Å². The number of amides is 1. The van der Waals surface area contributed by atoms with Crippen LogP contribution in [0.2, 0.25) is 0 Å². The van der Waals surface area contributed by atoms with Gasteiger partial charge < -0.3 is 16.4 Å². The summed E-state index contributed by atoms with van der Waals surface area (Å²) >= 11 is 0. The molecule has 25 heavy (non-hydrogen) atoms. The number of aromatic nitrogens is 2. The van der Waals surface area contributed by atoms with Gasteiger partial charge in [-0.05, 0) is 18.8 Å². The summed E-state index contributed by atoms with van der Waals surface area (Å²) in [4.78, 5) is 38.6. The minimum absolute atomic E-state index is 0. The van der Waals surface area contributed by atoms with E-state index in [4.69, 9.17) is 5.73 Å². The van der Waals surface area contributed by atoms with E-state index in [-0.39, 0.29) is 42.8 Å². The van der Waals surface area contributed by atoms with E-state index in [1.807, 2.05) is 6.92 Å². The average Bonchev–Trinajstić information content (AvgIpc) is 2.49. The molecule has 0 aliphatic heterocycles. The molecule has 0 saturated carbocycles. The molecule has 0 bridgehead atoms. The second kappa shape index (κ2) is 11.7. The van der Waals surface area contributed by atoms with Crippen LogP contribution in [-0.4, -0.2) is 28.5 Å². The average molecular weight is 376 g/mol. The molecule has 5 N–H and O–H groups in total. The second-order valence-electron chi connectivity index (χ2n) is 6.18. The first-order chi connectivity index (χ1) is 11.4. The molecule has 8 nitrogen and oxygen atoms in total. The molecule has 1 aromatic rings. The molecule has 1 heterocycles. The topological polar surface area (TPSA) is 122 Å². The van der Waals surface area contributed by atoms with Crippen LogP contribution >= 0.6 is 12.4 Å². The highest BCUT2D eigenvalue weighted by Gasteiger charge is 2.17. The van der Waals surface area contributed by atoms with Crippen molar-refractivity contribution in [1.29, 1.82) is 0 Å². The van der Waals surface area contributed by atoms with Crippen LogP contribution in [0.5, 0.6) is 0 Å². The summed E-state index contributed by atoms with van der Waals surface area (Å²) in [5, 5.41) is 5.73. The summed E-state index contributed by atoms with van der Waals surface area (Å²) < 4.78 is 1.40. The molecular formula is C16H30ClN5O3. The van der Waals surface area contributed by atoms with E-state index < -0.39 is 11.2 Å². The zero-order valence-electron chi connectivity index (χ0n) is 15.2. The van der Waals surface area contributed by atoms with Gasteiger partial charge in [0.2, 0.25) is 5.91 Å². The molecule has 0 atom stereocenters. The lowest BCUT2D eigenvalue weighted by Crippen LogP contribution is -2.35. The third-order valence-electron chi connectivity index (χ3n) is 3.59. The summed E-state index contributed by atoms with van der Waals surface area (Å²) in [7, 11) is 0. The van der Waals surface area contributed by atoms with Crippen molar-refractivity contribution in [1.82, 2.24) is 9.55 Å². The van der Waals surface area contributed by atoms with Crippen molar-refractivity contribution >= 4 is 29.8 Å². The van der Waals surface area contributed by atoms with Crippen LogP contribution < -0.4 is 27.6 Å². The molecule has 0 spiro atoms. The number of hydrogen-bond acceptors (Lipinski definition) is 5. The molecule has 1 rings (SSSR count). The Labute approximate surface area is 154 Å². The lowest BCUT2D eigenvalue weighted by atomic mass is 10.1. The van der Waals surface area contributed by atoms with Crippen LogP contribution in [0.3, 0.4) is 0 Å². The van der Waals surface area contributed by atoms with Crippen molar-refractivity contribution in [3.63, 3.8) is 0 Å². The molecule has 144 valence electrons. The number of carbonyl (C=O) groups excluding carboxylic acids is 1. The largest absolute Gasteiger partial charge is 0.378 e. The van der Waals surface area contributed by atoms with Gasteiger partial charge in [0, 0.05) is 26.1 Å². The van der Waals surface area contributed by atoms with Crippen molar-refractivity contribution in [3.05, 3.63) is 20.8 Å². The van der Waals surface area contributed by atoms with E-state index in [0.717, 1.165) is 19.3 Å². The molecule has 0 unspecified atom stereocenters. The fourth-order valence-electron chi connectivity index (χ4n) is 2.21. The van der Waals surface area contributed by atoms with Gasteiger partial charge in [-0.15, -0.1) is 12.4 Å². The zero-order chi connectivity index (χ0) is 18.1. The molecule has 0 aromatic carbocycles. The molecule has 1 amide bonds. The van der Waals surface area contributed by atoms with Crippen LogP contribution in [0.1, 0.15) is 46.5 Å². The van der Waals surface area contributed by atoms with E-state index in [1.54, 1.807) is 0 Å². The Hall–Kier alpha value is -1.80. The number of carbonyl (C=O) groups is 1. The molecule has 0 aliphatic carbocycles. The van der Waals surface area contributed by atoms with E-state index in [1.165, 1.54) is 4.57 Å². The Morgan fingerprint density at radius 3 is 2.56 bits per heavy atom. The summed E-state index contributed by atoms with van der Waals surface area (Å²) in [6.45, 7) is 7.36. The number of nitrogens with zero attached hydrogens (tertiary/aromatic N) is 1. The summed E-state index contributed by atoms with van der Waals surface area (Å²) in [6, 6.07) is 0. The number of halogens is 1. The predicted molar refractivity (Wildman–Crippen MR) is 104 cm³/mol. The third-order valence-corrected chi connectivity index (χ3v) is 3.59. The second-order valence-corrected chi connectivity index (χ2v) is 6.18. The molecule has 9 heteroatoms. The van der Waals surface area contributed by atoms with Gasteiger partial charge in [0.1, 0.15) is 11.5 Å². The number of rotatable bonds is 10. The Morgan fingerprint density at radius 1 is 1.32 bits per heavy atom. The Balaban J connectivity index is 0.00000576. The normalized spacial score (nSPS) is 10.4. The predicted octanol–water partition coefficient (Wildman–Crippen LogP) is 1.50. The van der Waals surface area contributed by atoms with Crippen LogP contribution in [0, 0.1) is 5.92 Å². The van der Waals surface area contributed by atoms with Crippen LogP contribution in [0.15, 0.2) is 9.59 Å². The maximum absolute atomic E-state index is 12.2. The number of hydrogen-bond donors (Lipinski definition) is 4. The number of anilines is 2. The first kappa shape index (κ1) is 23.2. The highest BCUT2D eigenvalue weighted by Crippen LogP contribution is 2.16. The highest BCUT2D eigenvalue weighted by atomic mass is 35.5. The first-order valence-electron chi connectivity index (χ1n) is 8.51. The lowest BCUT2D eigenvalue weighted by molar-refractivity contribution is -0.116. The third kappa shape index (κ3) is 7.31. The van der Waals surface area contributed by atoms with E-state index >= 15 is 0 Å². The van der Waals surface area contributed by atoms with E-state index in [0.29, 0.717) is 19.0 Å². The number of unbranched alkanes of at least 4 members (excludes halogenated alkanes) is 1. The minimum Gasteiger partial charge on any atom is -0.378 e. The molecule has 0 aliphatic rings. The van der Waals surface area contributed by atoms with Crippen molar-refractivity contribution in [3.8, 4) is 0 Å². The molecular weight excluding hydrogens is 346 g/mol. The minimum atomic E-state index is -0.528. The standard InChI is InChI=1S/C16H29N5O3.ClH/c1-4-5-10-21-14(19-12(22)6-8-17)13(15(23)20-16(21)24)18-9-7-11(2)3;/h11,18H,4-10,17H2,1-3H3,(H,19,22)(H,20,23,24);1H. The zero-order valence-corrected chi connectivity index (χ0v) is 16.0.